The van der Waals surface area contributed by atoms with Crippen molar-refractivity contribution in [2.75, 3.05) is 0 Å². The van der Waals surface area contributed by atoms with E-state index < -0.39 is 5.91 Å². The molecule has 84 valence electrons. The van der Waals surface area contributed by atoms with Crippen LogP contribution in [-0.2, 0) is 0 Å². The van der Waals surface area contributed by atoms with Gasteiger partial charge in [-0.1, -0.05) is 6.07 Å². The van der Waals surface area contributed by atoms with E-state index in [0.29, 0.717) is 16.8 Å². The van der Waals surface area contributed by atoms with Crippen LogP contribution in [0.5, 0.6) is 0 Å². The van der Waals surface area contributed by atoms with Crippen LogP contribution in [0.25, 0.3) is 5.69 Å². The Morgan fingerprint density at radius 2 is 2.29 bits per heavy atom. The van der Waals surface area contributed by atoms with Gasteiger partial charge in [-0.05, 0) is 24.6 Å². The lowest BCUT2D eigenvalue weighted by atomic mass is 10.1. The minimum atomic E-state index is -0.539. The van der Waals surface area contributed by atoms with Gasteiger partial charge in [0.05, 0.1) is 23.0 Å². The second-order valence-corrected chi connectivity index (χ2v) is 3.67. The zero-order valence-corrected chi connectivity index (χ0v) is 9.21. The highest BCUT2D eigenvalue weighted by Crippen LogP contribution is 2.15. The zero-order valence-electron chi connectivity index (χ0n) is 9.21. The SMILES string of the molecule is Cc1ccc(C#N)c(-n2cc(C(N)=O)cn2)c1. The number of benzene rings is 1. The predicted octanol–water partition coefficient (Wildman–Crippen LogP) is 1.15. The van der Waals surface area contributed by atoms with E-state index in [1.807, 2.05) is 19.1 Å². The molecule has 1 aromatic carbocycles. The van der Waals surface area contributed by atoms with Gasteiger partial charge in [-0.2, -0.15) is 10.4 Å². The maximum Gasteiger partial charge on any atom is 0.251 e. The Hall–Kier alpha value is -2.61. The van der Waals surface area contributed by atoms with Crippen LogP contribution in [0, 0.1) is 18.3 Å². The van der Waals surface area contributed by atoms with E-state index in [0.717, 1.165) is 5.56 Å². The maximum absolute atomic E-state index is 11.0. The molecular formula is C12H10N4O. The number of nitrogens with two attached hydrogens (primary N) is 1. The Labute approximate surface area is 98.1 Å². The van der Waals surface area contributed by atoms with Gasteiger partial charge in [0.15, 0.2) is 0 Å². The fraction of sp³-hybridized carbons (Fsp3) is 0.0833. The van der Waals surface area contributed by atoms with Crippen LogP contribution in [0.1, 0.15) is 21.5 Å². The number of aryl methyl sites for hydroxylation is 1. The average Bonchev–Trinajstić information content (AvgIpc) is 2.78. The summed E-state index contributed by atoms with van der Waals surface area (Å²) in [4.78, 5) is 11.0. The Kier molecular flexibility index (Phi) is 2.63. The number of primary amides is 1. The van der Waals surface area contributed by atoms with Crippen molar-refractivity contribution >= 4 is 5.91 Å². The number of rotatable bonds is 2. The molecule has 2 rings (SSSR count). The monoisotopic (exact) mass is 226 g/mol. The third-order valence-corrected chi connectivity index (χ3v) is 2.39. The van der Waals surface area contributed by atoms with Crippen molar-refractivity contribution in [2.24, 2.45) is 5.73 Å². The molecular weight excluding hydrogens is 216 g/mol. The van der Waals surface area contributed by atoms with Crippen LogP contribution in [0.3, 0.4) is 0 Å². The number of amides is 1. The number of hydrogen-bond donors (Lipinski definition) is 1. The molecule has 0 radical (unpaired) electrons. The molecule has 1 heterocycles. The molecule has 0 aliphatic rings. The van der Waals surface area contributed by atoms with E-state index >= 15 is 0 Å². The molecule has 1 amide bonds. The number of carbonyl (C=O) groups excluding carboxylic acids is 1. The lowest BCUT2D eigenvalue weighted by molar-refractivity contribution is 0.100. The van der Waals surface area contributed by atoms with Gasteiger partial charge in [0.1, 0.15) is 6.07 Å². The van der Waals surface area contributed by atoms with Crippen LogP contribution >= 0.6 is 0 Å². The molecule has 0 saturated heterocycles. The normalized spacial score (nSPS) is 9.88. The summed E-state index contributed by atoms with van der Waals surface area (Å²) in [6.45, 7) is 1.92. The molecule has 5 heteroatoms. The van der Waals surface area contributed by atoms with Crippen molar-refractivity contribution in [2.45, 2.75) is 6.92 Å². The second kappa shape index (κ2) is 4.10. The summed E-state index contributed by atoms with van der Waals surface area (Å²) in [5.41, 5.74) is 7.61. The number of nitriles is 1. The molecule has 0 aliphatic carbocycles. The minimum Gasteiger partial charge on any atom is -0.366 e. The molecule has 0 fully saturated rings. The Morgan fingerprint density at radius 3 is 2.88 bits per heavy atom. The topological polar surface area (TPSA) is 84.7 Å². The summed E-state index contributed by atoms with van der Waals surface area (Å²) < 4.78 is 1.48. The third kappa shape index (κ3) is 2.01. The van der Waals surface area contributed by atoms with Crippen LogP contribution < -0.4 is 5.73 Å². The first-order valence-corrected chi connectivity index (χ1v) is 4.97. The van der Waals surface area contributed by atoms with Gasteiger partial charge >= 0.3 is 0 Å². The van der Waals surface area contributed by atoms with Crippen molar-refractivity contribution in [3.63, 3.8) is 0 Å². The summed E-state index contributed by atoms with van der Waals surface area (Å²) in [5.74, 6) is -0.539. The minimum absolute atomic E-state index is 0.315. The summed E-state index contributed by atoms with van der Waals surface area (Å²) in [7, 11) is 0. The van der Waals surface area contributed by atoms with E-state index in [1.165, 1.54) is 17.1 Å². The molecule has 0 spiro atoms. The summed E-state index contributed by atoms with van der Waals surface area (Å²) in [5, 5.41) is 13.0. The van der Waals surface area contributed by atoms with Crippen LogP contribution in [0.2, 0.25) is 0 Å². The maximum atomic E-state index is 11.0. The van der Waals surface area contributed by atoms with Crippen molar-refractivity contribution in [1.29, 1.82) is 5.26 Å². The first-order valence-electron chi connectivity index (χ1n) is 4.97. The number of aromatic nitrogens is 2. The number of nitrogens with zero attached hydrogens (tertiary/aromatic N) is 3. The first-order chi connectivity index (χ1) is 8.11. The van der Waals surface area contributed by atoms with Crippen LogP contribution in [0.15, 0.2) is 30.6 Å². The molecule has 2 N–H and O–H groups in total. The zero-order chi connectivity index (χ0) is 12.4. The molecule has 0 saturated carbocycles. The third-order valence-electron chi connectivity index (χ3n) is 2.39. The smallest absolute Gasteiger partial charge is 0.251 e. The largest absolute Gasteiger partial charge is 0.366 e. The summed E-state index contributed by atoms with van der Waals surface area (Å²) in [6.07, 6.45) is 2.89. The van der Waals surface area contributed by atoms with Gasteiger partial charge in [0.2, 0.25) is 0 Å². The van der Waals surface area contributed by atoms with Crippen molar-refractivity contribution in [3.8, 4) is 11.8 Å². The average molecular weight is 226 g/mol. The van der Waals surface area contributed by atoms with Crippen LogP contribution in [-0.4, -0.2) is 15.7 Å². The van der Waals surface area contributed by atoms with Gasteiger partial charge in [0, 0.05) is 6.20 Å². The lowest BCUT2D eigenvalue weighted by Crippen LogP contribution is -2.09. The quantitative estimate of drug-likeness (QED) is 0.833. The van der Waals surface area contributed by atoms with E-state index in [9.17, 15) is 4.79 Å². The van der Waals surface area contributed by atoms with Gasteiger partial charge in [0.25, 0.3) is 5.91 Å². The van der Waals surface area contributed by atoms with Gasteiger partial charge in [-0.3, -0.25) is 4.79 Å². The van der Waals surface area contributed by atoms with E-state index in [2.05, 4.69) is 11.2 Å². The highest BCUT2D eigenvalue weighted by molar-refractivity contribution is 5.92. The first kappa shape index (κ1) is 10.9. The van der Waals surface area contributed by atoms with E-state index in [-0.39, 0.29) is 0 Å². The molecule has 0 atom stereocenters. The van der Waals surface area contributed by atoms with Crippen LogP contribution in [0.4, 0.5) is 0 Å². The molecule has 1 aromatic heterocycles. The number of carbonyl (C=O) groups is 1. The fourth-order valence-electron chi connectivity index (χ4n) is 1.51. The Morgan fingerprint density at radius 1 is 1.53 bits per heavy atom. The van der Waals surface area contributed by atoms with Gasteiger partial charge in [-0.25, -0.2) is 4.68 Å². The van der Waals surface area contributed by atoms with Gasteiger partial charge in [-0.15, -0.1) is 0 Å². The Bertz CT molecular complexity index is 622. The van der Waals surface area contributed by atoms with Gasteiger partial charge < -0.3 is 5.73 Å². The number of hydrogen-bond acceptors (Lipinski definition) is 3. The van der Waals surface area contributed by atoms with Crippen molar-refractivity contribution in [1.82, 2.24) is 9.78 Å². The predicted molar refractivity (Wildman–Crippen MR) is 61.5 cm³/mol. The van der Waals surface area contributed by atoms with E-state index in [4.69, 9.17) is 11.0 Å². The highest BCUT2D eigenvalue weighted by atomic mass is 16.1. The highest BCUT2D eigenvalue weighted by Gasteiger charge is 2.09. The molecule has 17 heavy (non-hydrogen) atoms. The molecule has 0 unspecified atom stereocenters. The fourth-order valence-corrected chi connectivity index (χ4v) is 1.51. The summed E-state index contributed by atoms with van der Waals surface area (Å²) in [6, 6.07) is 7.48. The molecule has 5 nitrogen and oxygen atoms in total. The standard InChI is InChI=1S/C12H10N4O/c1-8-2-3-9(5-13)11(4-8)16-7-10(6-15-16)12(14)17/h2-4,6-7H,1H3,(H2,14,17). The van der Waals surface area contributed by atoms with Crippen molar-refractivity contribution < 1.29 is 4.79 Å². The molecule has 0 aliphatic heterocycles. The molecule has 2 aromatic rings. The second-order valence-electron chi connectivity index (χ2n) is 3.67. The molecule has 0 bridgehead atoms. The lowest BCUT2D eigenvalue weighted by Gasteiger charge is -2.04. The summed E-state index contributed by atoms with van der Waals surface area (Å²) >= 11 is 0. The van der Waals surface area contributed by atoms with Crippen molar-refractivity contribution in [3.05, 3.63) is 47.3 Å². The van der Waals surface area contributed by atoms with E-state index in [1.54, 1.807) is 6.07 Å². The Balaban J connectivity index is 2.56.